The lowest BCUT2D eigenvalue weighted by Crippen LogP contribution is -2.52. The van der Waals surface area contributed by atoms with E-state index in [1.54, 1.807) is 12.4 Å². The second-order valence-electron chi connectivity index (χ2n) is 6.93. The van der Waals surface area contributed by atoms with Crippen LogP contribution in [0.1, 0.15) is 28.8 Å². The zero-order valence-corrected chi connectivity index (χ0v) is 14.0. The number of fused-ring (bicyclic) bond motifs is 2. The van der Waals surface area contributed by atoms with Gasteiger partial charge in [-0.1, -0.05) is 24.3 Å². The first-order valence-electron chi connectivity index (χ1n) is 8.75. The molecule has 5 nitrogen and oxygen atoms in total. The molecule has 3 unspecified atom stereocenters. The fourth-order valence-electron chi connectivity index (χ4n) is 4.09. The maximum Gasteiger partial charge on any atom is 0.251 e. The first-order valence-corrected chi connectivity index (χ1v) is 8.75. The topological polar surface area (TPSA) is 62.3 Å². The van der Waals surface area contributed by atoms with Gasteiger partial charge in [-0.3, -0.25) is 14.6 Å². The lowest BCUT2D eigenvalue weighted by Gasteiger charge is -2.34. The molecule has 1 aromatic carbocycles. The quantitative estimate of drug-likeness (QED) is 0.930. The first kappa shape index (κ1) is 15.8. The highest BCUT2D eigenvalue weighted by Gasteiger charge is 2.47. The Kier molecular flexibility index (Phi) is 4.22. The number of hydrogen-bond acceptors (Lipinski definition) is 3. The van der Waals surface area contributed by atoms with E-state index in [1.807, 2.05) is 47.4 Å². The Balaban J connectivity index is 1.41. The van der Waals surface area contributed by atoms with Crippen LogP contribution in [0, 0.1) is 5.92 Å². The summed E-state index contributed by atoms with van der Waals surface area (Å²) in [5.74, 6) is 0.556. The van der Waals surface area contributed by atoms with Gasteiger partial charge >= 0.3 is 0 Å². The number of aromatic nitrogens is 1. The van der Waals surface area contributed by atoms with E-state index in [1.165, 1.54) is 0 Å². The van der Waals surface area contributed by atoms with Crippen molar-refractivity contribution in [3.05, 3.63) is 66.0 Å². The maximum absolute atomic E-state index is 12.7. The summed E-state index contributed by atoms with van der Waals surface area (Å²) in [6, 6.07) is 13.2. The molecule has 25 heavy (non-hydrogen) atoms. The van der Waals surface area contributed by atoms with Gasteiger partial charge in [0, 0.05) is 30.5 Å². The summed E-state index contributed by atoms with van der Waals surface area (Å²) in [7, 11) is 0. The summed E-state index contributed by atoms with van der Waals surface area (Å²) in [5, 5.41) is 3.13. The summed E-state index contributed by atoms with van der Waals surface area (Å²) in [6.07, 6.45) is 5.76. The smallest absolute Gasteiger partial charge is 0.251 e. The van der Waals surface area contributed by atoms with Gasteiger partial charge in [-0.15, -0.1) is 0 Å². The van der Waals surface area contributed by atoms with E-state index >= 15 is 0 Å². The maximum atomic E-state index is 12.7. The third-order valence-corrected chi connectivity index (χ3v) is 5.23. The number of carbonyl (C=O) groups is 2. The number of amides is 2. The molecule has 0 spiro atoms. The molecule has 1 N–H and O–H groups in total. The molecule has 1 saturated carbocycles. The number of piperidine rings is 1. The molecule has 0 radical (unpaired) electrons. The summed E-state index contributed by atoms with van der Waals surface area (Å²) >= 11 is 0. The highest BCUT2D eigenvalue weighted by atomic mass is 16.2. The van der Waals surface area contributed by atoms with Crippen molar-refractivity contribution in [1.82, 2.24) is 15.2 Å². The van der Waals surface area contributed by atoms with Gasteiger partial charge in [-0.05, 0) is 42.5 Å². The van der Waals surface area contributed by atoms with Crippen LogP contribution in [0.15, 0.2) is 54.9 Å². The molecule has 2 amide bonds. The van der Waals surface area contributed by atoms with E-state index in [0.717, 1.165) is 24.9 Å². The molecule has 2 aliphatic rings. The zero-order valence-electron chi connectivity index (χ0n) is 14.0. The molecule has 4 rings (SSSR count). The van der Waals surface area contributed by atoms with E-state index in [4.69, 9.17) is 0 Å². The lowest BCUT2D eigenvalue weighted by molar-refractivity contribution is -0.132. The molecular formula is C20H21N3O2. The molecule has 2 fully saturated rings. The summed E-state index contributed by atoms with van der Waals surface area (Å²) in [5.41, 5.74) is 1.60. The predicted molar refractivity (Wildman–Crippen MR) is 93.9 cm³/mol. The van der Waals surface area contributed by atoms with Crippen molar-refractivity contribution in [2.75, 3.05) is 6.54 Å². The lowest BCUT2D eigenvalue weighted by atomic mass is 10.0. The Morgan fingerprint density at radius 2 is 1.96 bits per heavy atom. The van der Waals surface area contributed by atoms with Crippen molar-refractivity contribution in [2.45, 2.75) is 31.3 Å². The second-order valence-corrected chi connectivity index (χ2v) is 6.93. The van der Waals surface area contributed by atoms with Crippen molar-refractivity contribution in [2.24, 2.45) is 5.92 Å². The fourth-order valence-corrected chi connectivity index (χ4v) is 4.09. The van der Waals surface area contributed by atoms with Crippen LogP contribution in [-0.4, -0.2) is 40.3 Å². The SMILES string of the molecule is O=C(NC1CC2CC1N(C(=O)Cc1cccnc1)C2)c1ccccc1. The van der Waals surface area contributed by atoms with Crippen LogP contribution in [0.5, 0.6) is 0 Å². The Morgan fingerprint density at radius 1 is 1.12 bits per heavy atom. The van der Waals surface area contributed by atoms with Crippen molar-refractivity contribution in [1.29, 1.82) is 0 Å². The highest BCUT2D eigenvalue weighted by molar-refractivity contribution is 5.94. The summed E-state index contributed by atoms with van der Waals surface area (Å²) in [6.45, 7) is 0.807. The second kappa shape index (κ2) is 6.67. The number of benzene rings is 1. The molecule has 3 atom stereocenters. The molecule has 128 valence electrons. The number of nitrogens with one attached hydrogen (secondary N) is 1. The largest absolute Gasteiger partial charge is 0.347 e. The van der Waals surface area contributed by atoms with Gasteiger partial charge in [0.2, 0.25) is 5.91 Å². The minimum absolute atomic E-state index is 0.0457. The van der Waals surface area contributed by atoms with Crippen LogP contribution >= 0.6 is 0 Å². The fraction of sp³-hybridized carbons (Fsp3) is 0.350. The average Bonchev–Trinajstić information content (AvgIpc) is 3.24. The third kappa shape index (κ3) is 3.27. The summed E-state index contributed by atoms with van der Waals surface area (Å²) in [4.78, 5) is 31.1. The van der Waals surface area contributed by atoms with Crippen LogP contribution in [-0.2, 0) is 11.2 Å². The van der Waals surface area contributed by atoms with Crippen molar-refractivity contribution < 1.29 is 9.59 Å². The molecule has 1 saturated heterocycles. The molecule has 5 heteroatoms. The van der Waals surface area contributed by atoms with Gasteiger partial charge in [-0.25, -0.2) is 0 Å². The predicted octanol–water partition coefficient (Wildman–Crippen LogP) is 2.04. The number of rotatable bonds is 4. The molecule has 2 heterocycles. The number of nitrogens with zero attached hydrogens (tertiary/aromatic N) is 2. The van der Waals surface area contributed by atoms with Gasteiger partial charge in [0.1, 0.15) is 0 Å². The third-order valence-electron chi connectivity index (χ3n) is 5.23. The number of pyridine rings is 1. The Bertz CT molecular complexity index is 763. The number of hydrogen-bond donors (Lipinski definition) is 1. The molecule has 1 aliphatic carbocycles. The number of likely N-dealkylation sites (tertiary alicyclic amines) is 1. The van der Waals surface area contributed by atoms with Crippen LogP contribution < -0.4 is 5.32 Å². The van der Waals surface area contributed by atoms with E-state index in [2.05, 4.69) is 10.3 Å². The Labute approximate surface area is 147 Å². The van der Waals surface area contributed by atoms with E-state index < -0.39 is 0 Å². The summed E-state index contributed by atoms with van der Waals surface area (Å²) < 4.78 is 0. The van der Waals surface area contributed by atoms with Gasteiger partial charge < -0.3 is 10.2 Å². The van der Waals surface area contributed by atoms with E-state index in [9.17, 15) is 9.59 Å². The van der Waals surface area contributed by atoms with Gasteiger partial charge in [-0.2, -0.15) is 0 Å². The molecular weight excluding hydrogens is 314 g/mol. The van der Waals surface area contributed by atoms with Crippen LogP contribution in [0.2, 0.25) is 0 Å². The minimum atomic E-state index is -0.0576. The number of carbonyl (C=O) groups excluding carboxylic acids is 2. The van der Waals surface area contributed by atoms with Crippen LogP contribution in [0.3, 0.4) is 0 Å². The van der Waals surface area contributed by atoms with Crippen molar-refractivity contribution in [3.8, 4) is 0 Å². The Morgan fingerprint density at radius 3 is 2.68 bits per heavy atom. The van der Waals surface area contributed by atoms with Crippen molar-refractivity contribution in [3.63, 3.8) is 0 Å². The van der Waals surface area contributed by atoms with Gasteiger partial charge in [0.25, 0.3) is 5.91 Å². The first-order chi connectivity index (χ1) is 12.2. The zero-order chi connectivity index (χ0) is 17.2. The van der Waals surface area contributed by atoms with Gasteiger partial charge in [0.15, 0.2) is 0 Å². The van der Waals surface area contributed by atoms with E-state index in [-0.39, 0.29) is 23.9 Å². The molecule has 2 bridgehead atoms. The standard InChI is InChI=1S/C20H21N3O2/c24-19(11-14-5-4-8-21-12-14)23-13-15-9-17(18(23)10-15)22-20(25)16-6-2-1-3-7-16/h1-8,12,15,17-18H,9-11,13H2,(H,22,25). The minimum Gasteiger partial charge on any atom is -0.347 e. The van der Waals surface area contributed by atoms with Crippen LogP contribution in [0.25, 0.3) is 0 Å². The van der Waals surface area contributed by atoms with Gasteiger partial charge in [0.05, 0.1) is 12.5 Å². The average molecular weight is 335 g/mol. The van der Waals surface area contributed by atoms with Crippen molar-refractivity contribution >= 4 is 11.8 Å². The van der Waals surface area contributed by atoms with Crippen LogP contribution in [0.4, 0.5) is 0 Å². The van der Waals surface area contributed by atoms with E-state index in [0.29, 0.717) is 17.9 Å². The normalized spacial score (nSPS) is 24.3. The molecule has 1 aliphatic heterocycles. The Hall–Kier alpha value is -2.69. The monoisotopic (exact) mass is 335 g/mol. The highest BCUT2D eigenvalue weighted by Crippen LogP contribution is 2.38. The molecule has 2 aromatic rings. The molecule has 1 aromatic heterocycles.